The lowest BCUT2D eigenvalue weighted by atomic mass is 9.77. The highest BCUT2D eigenvalue weighted by atomic mass is 32.2. The SMILES string of the molecule is CC(C)CCS(=O)(=O)N1CCC(C(=O)O)(C(C)C)C1. The van der Waals surface area contributed by atoms with Crippen LogP contribution in [0, 0.1) is 17.3 Å². The zero-order valence-electron chi connectivity index (χ0n) is 12.2. The van der Waals surface area contributed by atoms with Crippen LogP contribution >= 0.6 is 0 Å². The van der Waals surface area contributed by atoms with Crippen LogP contribution in [0.25, 0.3) is 0 Å². The molecule has 112 valence electrons. The summed E-state index contributed by atoms with van der Waals surface area (Å²) in [5, 5.41) is 9.41. The van der Waals surface area contributed by atoms with E-state index < -0.39 is 21.4 Å². The van der Waals surface area contributed by atoms with Crippen molar-refractivity contribution in [1.29, 1.82) is 0 Å². The molecule has 6 heteroatoms. The predicted octanol–water partition coefficient (Wildman–Crippen LogP) is 1.79. The monoisotopic (exact) mass is 291 g/mol. The number of hydrogen-bond acceptors (Lipinski definition) is 3. The standard InChI is InChI=1S/C13H25NO4S/c1-10(2)5-8-19(17,18)14-7-6-13(9-14,11(3)4)12(15)16/h10-11H,5-9H2,1-4H3,(H,15,16). The Labute approximate surface area is 116 Å². The number of sulfonamides is 1. The third-order valence-corrected chi connectivity index (χ3v) is 5.99. The molecule has 5 nitrogen and oxygen atoms in total. The summed E-state index contributed by atoms with van der Waals surface area (Å²) in [6.45, 7) is 8.09. The molecule has 0 spiro atoms. The van der Waals surface area contributed by atoms with Gasteiger partial charge < -0.3 is 5.11 Å². The summed E-state index contributed by atoms with van der Waals surface area (Å²) < 4.78 is 25.8. The summed E-state index contributed by atoms with van der Waals surface area (Å²) in [4.78, 5) is 11.5. The molecule has 0 aromatic rings. The second-order valence-corrected chi connectivity index (χ2v) is 8.29. The van der Waals surface area contributed by atoms with E-state index in [0.29, 0.717) is 25.3 Å². The Hall–Kier alpha value is -0.620. The molecule has 1 atom stereocenters. The van der Waals surface area contributed by atoms with Crippen molar-refractivity contribution >= 4 is 16.0 Å². The number of carbonyl (C=O) groups is 1. The zero-order chi connectivity index (χ0) is 14.8. The fourth-order valence-corrected chi connectivity index (χ4v) is 4.26. The fourth-order valence-electron chi connectivity index (χ4n) is 2.44. The lowest BCUT2D eigenvalue weighted by Gasteiger charge is -2.28. The molecule has 1 N–H and O–H groups in total. The molecule has 1 aliphatic heterocycles. The highest BCUT2D eigenvalue weighted by Crippen LogP contribution is 2.39. The largest absolute Gasteiger partial charge is 0.481 e. The molecule has 1 aliphatic rings. The molecule has 1 saturated heterocycles. The molecule has 0 aromatic carbocycles. The van der Waals surface area contributed by atoms with E-state index >= 15 is 0 Å². The van der Waals surface area contributed by atoms with Gasteiger partial charge in [0.05, 0.1) is 11.2 Å². The predicted molar refractivity (Wildman–Crippen MR) is 74.3 cm³/mol. The minimum Gasteiger partial charge on any atom is -0.481 e. The molecule has 1 unspecified atom stereocenters. The first-order valence-electron chi connectivity index (χ1n) is 6.83. The van der Waals surface area contributed by atoms with Crippen molar-refractivity contribution < 1.29 is 18.3 Å². The van der Waals surface area contributed by atoms with E-state index in [9.17, 15) is 18.3 Å². The summed E-state index contributed by atoms with van der Waals surface area (Å²) >= 11 is 0. The van der Waals surface area contributed by atoms with Crippen LogP contribution in [0.5, 0.6) is 0 Å². The van der Waals surface area contributed by atoms with E-state index in [2.05, 4.69) is 0 Å². The van der Waals surface area contributed by atoms with Crippen molar-refractivity contribution in [2.24, 2.45) is 17.3 Å². The van der Waals surface area contributed by atoms with E-state index in [-0.39, 0.29) is 18.2 Å². The summed E-state index contributed by atoms with van der Waals surface area (Å²) in [5.74, 6) is -0.524. The van der Waals surface area contributed by atoms with Crippen molar-refractivity contribution in [2.45, 2.75) is 40.5 Å². The van der Waals surface area contributed by atoms with Crippen molar-refractivity contribution in [2.75, 3.05) is 18.8 Å². The van der Waals surface area contributed by atoms with Crippen LogP contribution in [0.15, 0.2) is 0 Å². The van der Waals surface area contributed by atoms with Crippen LogP contribution < -0.4 is 0 Å². The minimum atomic E-state index is -3.32. The third kappa shape index (κ3) is 3.48. The number of carboxylic acid groups (broad SMARTS) is 1. The van der Waals surface area contributed by atoms with Crippen LogP contribution in [-0.4, -0.2) is 42.6 Å². The molecule has 19 heavy (non-hydrogen) atoms. The number of rotatable bonds is 6. The highest BCUT2D eigenvalue weighted by Gasteiger charge is 2.49. The average molecular weight is 291 g/mol. The van der Waals surface area contributed by atoms with Crippen LogP contribution in [0.2, 0.25) is 0 Å². The molecule has 0 saturated carbocycles. The van der Waals surface area contributed by atoms with Crippen LogP contribution in [-0.2, 0) is 14.8 Å². The second kappa shape index (κ2) is 5.79. The Morgan fingerprint density at radius 1 is 1.32 bits per heavy atom. The number of aliphatic carboxylic acids is 1. The number of hydrogen-bond donors (Lipinski definition) is 1. The Bertz CT molecular complexity index is 430. The zero-order valence-corrected chi connectivity index (χ0v) is 13.0. The van der Waals surface area contributed by atoms with E-state index in [1.165, 1.54) is 4.31 Å². The summed E-state index contributed by atoms with van der Waals surface area (Å²) in [7, 11) is -3.32. The molecule has 1 heterocycles. The van der Waals surface area contributed by atoms with Gasteiger partial charge in [-0.05, 0) is 24.7 Å². The first-order chi connectivity index (χ1) is 8.62. The van der Waals surface area contributed by atoms with Gasteiger partial charge in [-0.3, -0.25) is 4.79 Å². The van der Waals surface area contributed by atoms with Crippen molar-refractivity contribution in [3.05, 3.63) is 0 Å². The first kappa shape index (κ1) is 16.4. The smallest absolute Gasteiger partial charge is 0.311 e. The van der Waals surface area contributed by atoms with Gasteiger partial charge in [0.25, 0.3) is 0 Å². The molecule has 0 aliphatic carbocycles. The Morgan fingerprint density at radius 3 is 2.26 bits per heavy atom. The summed E-state index contributed by atoms with van der Waals surface area (Å²) in [6.07, 6.45) is 1.02. The van der Waals surface area contributed by atoms with Crippen molar-refractivity contribution in [3.63, 3.8) is 0 Å². The summed E-state index contributed by atoms with van der Waals surface area (Å²) in [5.41, 5.74) is -0.926. The Balaban J connectivity index is 2.82. The molecular formula is C13H25NO4S. The van der Waals surface area contributed by atoms with Gasteiger partial charge in [0.2, 0.25) is 10.0 Å². The molecule has 1 fully saturated rings. The summed E-state index contributed by atoms with van der Waals surface area (Å²) in [6, 6.07) is 0. The molecule has 0 bridgehead atoms. The normalized spacial score (nSPS) is 25.4. The van der Waals surface area contributed by atoms with Crippen LogP contribution in [0.3, 0.4) is 0 Å². The van der Waals surface area contributed by atoms with E-state index in [0.717, 1.165) is 0 Å². The maximum absolute atomic E-state index is 12.2. The molecule has 0 amide bonds. The van der Waals surface area contributed by atoms with Crippen LogP contribution in [0.1, 0.15) is 40.5 Å². The lowest BCUT2D eigenvalue weighted by molar-refractivity contribution is -0.150. The molecule has 1 rings (SSSR count). The fraction of sp³-hybridized carbons (Fsp3) is 0.923. The van der Waals surface area contributed by atoms with Gasteiger partial charge in [-0.2, -0.15) is 0 Å². The highest BCUT2D eigenvalue weighted by molar-refractivity contribution is 7.89. The maximum Gasteiger partial charge on any atom is 0.311 e. The van der Waals surface area contributed by atoms with Gasteiger partial charge in [-0.15, -0.1) is 0 Å². The number of carboxylic acids is 1. The van der Waals surface area contributed by atoms with Crippen molar-refractivity contribution in [3.8, 4) is 0 Å². The van der Waals surface area contributed by atoms with Gasteiger partial charge in [0.1, 0.15) is 0 Å². The van der Waals surface area contributed by atoms with Crippen LogP contribution in [0.4, 0.5) is 0 Å². The molecule has 0 aromatic heterocycles. The number of nitrogens with zero attached hydrogens (tertiary/aromatic N) is 1. The quantitative estimate of drug-likeness (QED) is 0.809. The van der Waals surface area contributed by atoms with Gasteiger partial charge >= 0.3 is 5.97 Å². The van der Waals surface area contributed by atoms with Gasteiger partial charge in [0.15, 0.2) is 0 Å². The van der Waals surface area contributed by atoms with E-state index in [1.807, 2.05) is 27.7 Å². The van der Waals surface area contributed by atoms with Gasteiger partial charge in [0, 0.05) is 13.1 Å². The maximum atomic E-state index is 12.2. The second-order valence-electron chi connectivity index (χ2n) is 6.20. The molecular weight excluding hydrogens is 266 g/mol. The van der Waals surface area contributed by atoms with E-state index in [4.69, 9.17) is 0 Å². The van der Waals surface area contributed by atoms with E-state index in [1.54, 1.807) is 0 Å². The average Bonchev–Trinajstić information content (AvgIpc) is 2.73. The minimum absolute atomic E-state index is 0.0738. The van der Waals surface area contributed by atoms with Crippen molar-refractivity contribution in [1.82, 2.24) is 4.31 Å². The first-order valence-corrected chi connectivity index (χ1v) is 8.44. The third-order valence-electron chi connectivity index (χ3n) is 4.14. The lowest BCUT2D eigenvalue weighted by Crippen LogP contribution is -2.41. The Morgan fingerprint density at radius 2 is 1.89 bits per heavy atom. The Kier molecular flexibility index (Phi) is 5.01. The van der Waals surface area contributed by atoms with Gasteiger partial charge in [-0.1, -0.05) is 27.7 Å². The molecule has 0 radical (unpaired) electrons. The van der Waals surface area contributed by atoms with Gasteiger partial charge in [-0.25, -0.2) is 12.7 Å². The topological polar surface area (TPSA) is 74.7 Å².